The van der Waals surface area contributed by atoms with Crippen LogP contribution in [0.3, 0.4) is 0 Å². The maximum atomic E-state index is 12.7. The smallest absolute Gasteiger partial charge is 0.462 e. The number of ether oxygens (including phenoxy) is 2. The molecule has 0 aliphatic carbocycles. The zero-order valence-corrected chi connectivity index (χ0v) is 46.0. The van der Waals surface area contributed by atoms with Gasteiger partial charge in [0, 0.05) is 19.4 Å². The first-order chi connectivity index (χ1) is 33.3. The first-order valence-corrected chi connectivity index (χ1v) is 31.2. The number of carbonyl (C=O) groups excluding carboxylic acids is 2. The van der Waals surface area contributed by atoms with Crippen LogP contribution in [0.4, 0.5) is 0 Å². The van der Waals surface area contributed by atoms with Crippen LogP contribution in [0.1, 0.15) is 316 Å². The summed E-state index contributed by atoms with van der Waals surface area (Å²) in [4.78, 5) is 35.2. The van der Waals surface area contributed by atoms with Crippen molar-refractivity contribution in [3.8, 4) is 0 Å². The topological polar surface area (TPSA) is 134 Å². The molecule has 0 bridgehead atoms. The number of hydrogen-bond acceptors (Lipinski definition) is 8. The minimum absolute atomic E-state index is 0.0564. The lowest BCUT2D eigenvalue weighted by atomic mass is 10.0. The fourth-order valence-corrected chi connectivity index (χ4v) is 9.75. The Hall–Kier alpha value is -1.25. The Balaban J connectivity index is 3.88. The highest BCUT2D eigenvalue weighted by Gasteiger charge is 2.26. The maximum absolute atomic E-state index is 12.7. The molecule has 0 amide bonds. The van der Waals surface area contributed by atoms with Gasteiger partial charge in [0.1, 0.15) is 6.61 Å². The molecule has 0 aliphatic heterocycles. The van der Waals surface area contributed by atoms with Gasteiger partial charge in [-0.15, -0.1) is 0 Å². The van der Waals surface area contributed by atoms with Gasteiger partial charge in [-0.05, 0) is 38.5 Å². The second-order valence-corrected chi connectivity index (χ2v) is 21.7. The second-order valence-electron chi connectivity index (χ2n) is 20.2. The lowest BCUT2D eigenvalue weighted by molar-refractivity contribution is -0.161. The van der Waals surface area contributed by atoms with Crippen molar-refractivity contribution >= 4 is 19.8 Å². The first-order valence-electron chi connectivity index (χ1n) is 29.7. The van der Waals surface area contributed by atoms with Crippen molar-refractivity contribution in [3.05, 3.63) is 12.2 Å². The number of carbonyl (C=O) groups is 2. The summed E-state index contributed by atoms with van der Waals surface area (Å²) in [7, 11) is -4.38. The van der Waals surface area contributed by atoms with Crippen LogP contribution in [-0.4, -0.2) is 49.3 Å². The predicted molar refractivity (Wildman–Crippen MR) is 289 cm³/mol. The lowest BCUT2D eigenvalue weighted by Gasteiger charge is -2.19. The lowest BCUT2D eigenvalue weighted by Crippen LogP contribution is -2.29. The molecule has 0 saturated carbocycles. The van der Waals surface area contributed by atoms with Gasteiger partial charge in [-0.1, -0.05) is 276 Å². The molecule has 0 rings (SSSR count). The Morgan fingerprint density at radius 1 is 0.426 bits per heavy atom. The number of esters is 2. The largest absolute Gasteiger partial charge is 0.472 e. The highest BCUT2D eigenvalue weighted by Crippen LogP contribution is 2.43. The van der Waals surface area contributed by atoms with Crippen LogP contribution in [0.25, 0.3) is 0 Å². The van der Waals surface area contributed by atoms with E-state index in [9.17, 15) is 19.0 Å². The molecule has 0 aromatic carbocycles. The maximum Gasteiger partial charge on any atom is 0.472 e. The zero-order valence-electron chi connectivity index (χ0n) is 45.1. The van der Waals surface area contributed by atoms with Gasteiger partial charge in [0.2, 0.25) is 0 Å². The second kappa shape index (κ2) is 55.1. The summed E-state index contributed by atoms with van der Waals surface area (Å²) in [6.45, 7) is 3.80. The summed E-state index contributed by atoms with van der Waals surface area (Å²) >= 11 is 0. The average Bonchev–Trinajstić information content (AvgIpc) is 3.33. The van der Waals surface area contributed by atoms with Crippen LogP contribution in [0.15, 0.2) is 12.2 Å². The van der Waals surface area contributed by atoms with E-state index in [1.807, 2.05) is 0 Å². The molecule has 2 atom stereocenters. The number of rotatable bonds is 57. The van der Waals surface area contributed by atoms with E-state index in [0.29, 0.717) is 6.42 Å². The van der Waals surface area contributed by atoms with Gasteiger partial charge in [-0.3, -0.25) is 18.6 Å². The van der Waals surface area contributed by atoms with Gasteiger partial charge in [0.25, 0.3) is 0 Å². The van der Waals surface area contributed by atoms with E-state index < -0.39 is 26.5 Å². The van der Waals surface area contributed by atoms with Gasteiger partial charge in [-0.25, -0.2) is 4.57 Å². The first kappa shape index (κ1) is 66.8. The molecule has 0 aromatic heterocycles. The van der Waals surface area contributed by atoms with Crippen LogP contribution in [0, 0.1) is 0 Å². The standard InChI is InChI=1S/C58H114NO8P/c1-3-5-7-9-11-13-15-17-19-21-23-24-25-26-27-28-29-30-31-33-34-36-38-40-42-44-46-48-50-57(60)64-54-56(55-66-68(62,63)65-53-52-59)67-58(61)51-49-47-45-43-41-39-37-35-32-22-20-18-16-14-12-10-8-6-4-2/h18,20,56H,3-17,19,21-55,59H2,1-2H3,(H,62,63)/b20-18-. The number of allylic oxidation sites excluding steroid dienone is 2. The van der Waals surface area contributed by atoms with Gasteiger partial charge < -0.3 is 20.1 Å². The summed E-state index contributed by atoms with van der Waals surface area (Å²) in [5, 5.41) is 0. The molecule has 404 valence electrons. The third-order valence-electron chi connectivity index (χ3n) is 13.4. The molecule has 0 radical (unpaired) electrons. The Morgan fingerprint density at radius 3 is 1.04 bits per heavy atom. The zero-order chi connectivity index (χ0) is 49.5. The molecule has 10 heteroatoms. The molecular weight excluding hydrogens is 870 g/mol. The van der Waals surface area contributed by atoms with Crippen molar-refractivity contribution in [2.45, 2.75) is 322 Å². The van der Waals surface area contributed by atoms with Crippen molar-refractivity contribution < 1.29 is 37.6 Å². The molecule has 0 saturated heterocycles. The van der Waals surface area contributed by atoms with E-state index in [1.54, 1.807) is 0 Å². The molecule has 0 heterocycles. The van der Waals surface area contributed by atoms with Gasteiger partial charge >= 0.3 is 19.8 Å². The molecule has 0 fully saturated rings. The summed E-state index contributed by atoms with van der Waals surface area (Å²) in [5.74, 6) is -0.810. The molecular formula is C58H114NO8P. The summed E-state index contributed by atoms with van der Waals surface area (Å²) in [5.41, 5.74) is 5.38. The van der Waals surface area contributed by atoms with Crippen molar-refractivity contribution in [2.75, 3.05) is 26.4 Å². The SMILES string of the molecule is CCCCCCCC/C=C\CCCCCCCCCCCC(=O)OC(COC(=O)CCCCCCCCCCCCCCCCCCCCCCCCCCCCCC)COP(=O)(O)OCCN. The Kier molecular flexibility index (Phi) is 54.1. The number of phosphoric ester groups is 1. The molecule has 0 aromatic rings. The van der Waals surface area contributed by atoms with E-state index in [1.165, 1.54) is 244 Å². The van der Waals surface area contributed by atoms with E-state index in [4.69, 9.17) is 24.3 Å². The van der Waals surface area contributed by atoms with E-state index in [0.717, 1.165) is 38.5 Å². The summed E-state index contributed by atoms with van der Waals surface area (Å²) in [6, 6.07) is 0. The van der Waals surface area contributed by atoms with E-state index in [2.05, 4.69) is 26.0 Å². The average molecular weight is 985 g/mol. The molecule has 9 nitrogen and oxygen atoms in total. The molecule has 0 spiro atoms. The van der Waals surface area contributed by atoms with Crippen LogP contribution in [0.2, 0.25) is 0 Å². The number of hydrogen-bond donors (Lipinski definition) is 2. The van der Waals surface area contributed by atoms with Gasteiger partial charge in [0.05, 0.1) is 13.2 Å². The third kappa shape index (κ3) is 54.1. The van der Waals surface area contributed by atoms with Crippen molar-refractivity contribution in [2.24, 2.45) is 5.73 Å². The number of nitrogens with two attached hydrogens (primary N) is 1. The van der Waals surface area contributed by atoms with Crippen molar-refractivity contribution in [3.63, 3.8) is 0 Å². The van der Waals surface area contributed by atoms with Crippen molar-refractivity contribution in [1.29, 1.82) is 0 Å². The Bertz CT molecular complexity index is 1120. The minimum Gasteiger partial charge on any atom is -0.462 e. The monoisotopic (exact) mass is 984 g/mol. The predicted octanol–water partition coefficient (Wildman–Crippen LogP) is 18.5. The molecule has 0 aliphatic rings. The molecule has 2 unspecified atom stereocenters. The number of unbranched alkanes of at least 4 members (excludes halogenated alkanes) is 42. The minimum atomic E-state index is -4.38. The van der Waals surface area contributed by atoms with E-state index >= 15 is 0 Å². The van der Waals surface area contributed by atoms with Crippen molar-refractivity contribution in [1.82, 2.24) is 0 Å². The third-order valence-corrected chi connectivity index (χ3v) is 14.4. The number of phosphoric acid groups is 1. The van der Waals surface area contributed by atoms with Crippen LogP contribution in [0.5, 0.6) is 0 Å². The quantitative estimate of drug-likeness (QED) is 0.0264. The molecule has 68 heavy (non-hydrogen) atoms. The fourth-order valence-electron chi connectivity index (χ4n) is 8.99. The Morgan fingerprint density at radius 2 is 0.721 bits per heavy atom. The highest BCUT2D eigenvalue weighted by atomic mass is 31.2. The molecule has 3 N–H and O–H groups in total. The summed E-state index contributed by atoms with van der Waals surface area (Å²) < 4.78 is 33.0. The fraction of sp³-hybridized carbons (Fsp3) is 0.931. The van der Waals surface area contributed by atoms with Gasteiger partial charge in [-0.2, -0.15) is 0 Å². The van der Waals surface area contributed by atoms with Gasteiger partial charge in [0.15, 0.2) is 6.10 Å². The van der Waals surface area contributed by atoms with Crippen LogP contribution >= 0.6 is 7.82 Å². The van der Waals surface area contributed by atoms with Crippen LogP contribution in [-0.2, 0) is 32.7 Å². The summed E-state index contributed by atoms with van der Waals surface area (Å²) in [6.07, 6.45) is 62.8. The van der Waals surface area contributed by atoms with E-state index in [-0.39, 0.29) is 38.6 Å². The highest BCUT2D eigenvalue weighted by molar-refractivity contribution is 7.47. The normalized spacial score (nSPS) is 13.1. The van der Waals surface area contributed by atoms with Crippen LogP contribution < -0.4 is 5.73 Å². The Labute approximate surface area is 421 Å².